The zero-order valence-electron chi connectivity index (χ0n) is 7.80. The number of hydrogen-bond donors (Lipinski definition) is 0. The molecular weight excluding hydrogens is 136 g/mol. The van der Waals surface area contributed by atoms with Crippen molar-refractivity contribution in [2.24, 2.45) is 0 Å². The summed E-state index contributed by atoms with van der Waals surface area (Å²) in [6.07, 6.45) is 2.26. The molecule has 0 radical (unpaired) electrons. The van der Waals surface area contributed by atoms with Crippen LogP contribution in [-0.2, 0) is 0 Å². The summed E-state index contributed by atoms with van der Waals surface area (Å²) in [6.45, 7) is 8.09. The Morgan fingerprint density at radius 3 is 2.45 bits per heavy atom. The van der Waals surface area contributed by atoms with Gasteiger partial charge in [-0.25, -0.2) is 0 Å². The molecule has 0 N–H and O–H groups in total. The molecule has 0 bridgehead atoms. The Morgan fingerprint density at radius 2 is 2.09 bits per heavy atom. The third-order valence-corrected chi connectivity index (χ3v) is 2.00. The van der Waals surface area contributed by atoms with Crippen molar-refractivity contribution in [2.45, 2.75) is 39.7 Å². The first-order valence-electron chi connectivity index (χ1n) is 4.37. The van der Waals surface area contributed by atoms with Crippen LogP contribution in [0.1, 0.15) is 33.6 Å². The molecule has 1 atom stereocenters. The smallest absolute Gasteiger partial charge is 0.0868 e. The Bertz CT molecular complexity index is 126. The van der Waals surface area contributed by atoms with Crippen molar-refractivity contribution in [1.82, 2.24) is 4.90 Å². The Kier molecular flexibility index (Phi) is 5.87. The van der Waals surface area contributed by atoms with Gasteiger partial charge in [0.25, 0.3) is 0 Å². The van der Waals surface area contributed by atoms with Crippen molar-refractivity contribution in [3.63, 3.8) is 0 Å². The molecule has 0 amide bonds. The fraction of sp³-hybridized carbons (Fsp3) is 0.889. The molecule has 0 aromatic rings. The second-order valence-electron chi connectivity index (χ2n) is 2.89. The Morgan fingerprint density at radius 1 is 1.45 bits per heavy atom. The lowest BCUT2D eigenvalue weighted by Gasteiger charge is -2.24. The summed E-state index contributed by atoms with van der Waals surface area (Å²) in [7, 11) is 0. The van der Waals surface area contributed by atoms with E-state index in [2.05, 4.69) is 31.7 Å². The van der Waals surface area contributed by atoms with Crippen LogP contribution in [0.3, 0.4) is 0 Å². The molecule has 0 saturated heterocycles. The highest BCUT2D eigenvalue weighted by atomic mass is 15.1. The van der Waals surface area contributed by atoms with Crippen molar-refractivity contribution >= 4 is 0 Å². The average Bonchev–Trinajstić information content (AvgIpc) is 2.03. The molecule has 0 rings (SSSR count). The lowest BCUT2D eigenvalue weighted by atomic mass is 10.2. The van der Waals surface area contributed by atoms with Crippen LogP contribution >= 0.6 is 0 Å². The fourth-order valence-corrected chi connectivity index (χ4v) is 1.09. The minimum Gasteiger partial charge on any atom is -0.288 e. The molecule has 0 aliphatic rings. The lowest BCUT2D eigenvalue weighted by Crippen LogP contribution is -2.33. The highest BCUT2D eigenvalue weighted by Gasteiger charge is 2.08. The van der Waals surface area contributed by atoms with E-state index in [4.69, 9.17) is 5.26 Å². The minimum atomic E-state index is 0.551. The van der Waals surface area contributed by atoms with Gasteiger partial charge in [0.15, 0.2) is 0 Å². The predicted molar refractivity (Wildman–Crippen MR) is 47.2 cm³/mol. The standard InChI is InChI=1S/C9H18N2/c1-4-7-11(8-6-10)9(3)5-2/h9H,4-5,7-8H2,1-3H3. The third-order valence-electron chi connectivity index (χ3n) is 2.00. The SMILES string of the molecule is CCCN(CC#N)C(C)CC. The third kappa shape index (κ3) is 4.00. The molecule has 0 heterocycles. The number of hydrogen-bond acceptors (Lipinski definition) is 2. The fourth-order valence-electron chi connectivity index (χ4n) is 1.09. The van der Waals surface area contributed by atoms with E-state index in [-0.39, 0.29) is 0 Å². The van der Waals surface area contributed by atoms with E-state index in [1.807, 2.05) is 0 Å². The van der Waals surface area contributed by atoms with Gasteiger partial charge in [-0.05, 0) is 26.3 Å². The highest BCUT2D eigenvalue weighted by Crippen LogP contribution is 2.02. The molecule has 2 heteroatoms. The van der Waals surface area contributed by atoms with Crippen molar-refractivity contribution in [2.75, 3.05) is 13.1 Å². The topological polar surface area (TPSA) is 27.0 Å². The van der Waals surface area contributed by atoms with E-state index in [1.54, 1.807) is 0 Å². The average molecular weight is 154 g/mol. The molecule has 0 aromatic carbocycles. The molecule has 0 aliphatic carbocycles. The Labute approximate surface area is 69.8 Å². The summed E-state index contributed by atoms with van der Waals surface area (Å²) in [6, 6.07) is 2.74. The first kappa shape index (κ1) is 10.4. The van der Waals surface area contributed by atoms with Crippen LogP contribution < -0.4 is 0 Å². The molecule has 0 fully saturated rings. The molecular formula is C9H18N2. The van der Waals surface area contributed by atoms with Crippen molar-refractivity contribution in [1.29, 1.82) is 5.26 Å². The molecule has 0 aliphatic heterocycles. The van der Waals surface area contributed by atoms with Gasteiger partial charge in [0.2, 0.25) is 0 Å². The van der Waals surface area contributed by atoms with Gasteiger partial charge in [0, 0.05) is 6.04 Å². The van der Waals surface area contributed by atoms with Crippen LogP contribution in [0.15, 0.2) is 0 Å². The van der Waals surface area contributed by atoms with Gasteiger partial charge in [-0.3, -0.25) is 4.90 Å². The van der Waals surface area contributed by atoms with Crippen molar-refractivity contribution < 1.29 is 0 Å². The normalized spacial score (nSPS) is 13.0. The van der Waals surface area contributed by atoms with E-state index in [9.17, 15) is 0 Å². The maximum Gasteiger partial charge on any atom is 0.0868 e. The van der Waals surface area contributed by atoms with E-state index < -0.39 is 0 Å². The molecule has 64 valence electrons. The first-order chi connectivity index (χ1) is 5.26. The molecule has 2 nitrogen and oxygen atoms in total. The van der Waals surface area contributed by atoms with Crippen LogP contribution in [0.2, 0.25) is 0 Å². The minimum absolute atomic E-state index is 0.551. The van der Waals surface area contributed by atoms with Crippen molar-refractivity contribution in [3.8, 4) is 6.07 Å². The summed E-state index contributed by atoms with van der Waals surface area (Å²) < 4.78 is 0. The van der Waals surface area contributed by atoms with Gasteiger partial charge in [-0.1, -0.05) is 13.8 Å². The summed E-state index contributed by atoms with van der Waals surface area (Å²) in [4.78, 5) is 2.22. The van der Waals surface area contributed by atoms with Gasteiger partial charge < -0.3 is 0 Å². The molecule has 0 saturated carbocycles. The van der Waals surface area contributed by atoms with Crippen LogP contribution in [-0.4, -0.2) is 24.0 Å². The van der Waals surface area contributed by atoms with Gasteiger partial charge in [-0.2, -0.15) is 5.26 Å². The summed E-state index contributed by atoms with van der Waals surface area (Å²) in [5.41, 5.74) is 0. The van der Waals surface area contributed by atoms with Gasteiger partial charge in [0.05, 0.1) is 12.6 Å². The van der Waals surface area contributed by atoms with Gasteiger partial charge >= 0.3 is 0 Å². The second kappa shape index (κ2) is 6.18. The highest BCUT2D eigenvalue weighted by molar-refractivity contribution is 4.79. The molecule has 0 spiro atoms. The van der Waals surface area contributed by atoms with E-state index in [0.29, 0.717) is 12.6 Å². The van der Waals surface area contributed by atoms with Crippen LogP contribution in [0.25, 0.3) is 0 Å². The summed E-state index contributed by atoms with van der Waals surface area (Å²) in [5.74, 6) is 0. The Hall–Kier alpha value is -0.550. The Balaban J connectivity index is 3.78. The largest absolute Gasteiger partial charge is 0.288 e. The maximum atomic E-state index is 8.52. The van der Waals surface area contributed by atoms with Crippen molar-refractivity contribution in [3.05, 3.63) is 0 Å². The van der Waals surface area contributed by atoms with Crippen LogP contribution in [0, 0.1) is 11.3 Å². The quantitative estimate of drug-likeness (QED) is 0.566. The zero-order chi connectivity index (χ0) is 8.69. The van der Waals surface area contributed by atoms with E-state index >= 15 is 0 Å². The number of nitrogens with zero attached hydrogens (tertiary/aromatic N) is 2. The molecule has 1 unspecified atom stereocenters. The number of rotatable bonds is 5. The van der Waals surface area contributed by atoms with E-state index in [1.165, 1.54) is 0 Å². The van der Waals surface area contributed by atoms with E-state index in [0.717, 1.165) is 19.4 Å². The zero-order valence-corrected chi connectivity index (χ0v) is 7.80. The molecule has 11 heavy (non-hydrogen) atoms. The number of nitriles is 1. The molecule has 0 aromatic heterocycles. The second-order valence-corrected chi connectivity index (χ2v) is 2.89. The first-order valence-corrected chi connectivity index (χ1v) is 4.37. The predicted octanol–water partition coefficient (Wildman–Crippen LogP) is 2.02. The van der Waals surface area contributed by atoms with Crippen LogP contribution in [0.4, 0.5) is 0 Å². The van der Waals surface area contributed by atoms with Gasteiger partial charge in [-0.15, -0.1) is 0 Å². The summed E-state index contributed by atoms with van der Waals surface area (Å²) >= 11 is 0. The van der Waals surface area contributed by atoms with Gasteiger partial charge in [0.1, 0.15) is 0 Å². The lowest BCUT2D eigenvalue weighted by molar-refractivity contribution is 0.229. The van der Waals surface area contributed by atoms with Crippen LogP contribution in [0.5, 0.6) is 0 Å². The monoisotopic (exact) mass is 154 g/mol. The summed E-state index contributed by atoms with van der Waals surface area (Å²) in [5, 5.41) is 8.52. The maximum absolute atomic E-state index is 8.52.